The second-order valence-corrected chi connectivity index (χ2v) is 9.04. The summed E-state index contributed by atoms with van der Waals surface area (Å²) in [5.41, 5.74) is 2.07. The Kier molecular flexibility index (Phi) is 7.47. The van der Waals surface area contributed by atoms with Crippen LogP contribution < -0.4 is 10.6 Å². The summed E-state index contributed by atoms with van der Waals surface area (Å²) in [6.45, 7) is 1.96. The maximum atomic E-state index is 13.3. The van der Waals surface area contributed by atoms with E-state index in [-0.39, 0.29) is 12.7 Å². The van der Waals surface area contributed by atoms with E-state index in [2.05, 4.69) is 15.4 Å². The monoisotopic (exact) mass is 492 g/mol. The number of hydrogen-bond acceptors (Lipinski definition) is 7. The summed E-state index contributed by atoms with van der Waals surface area (Å²) >= 11 is 1.30. The number of benzene rings is 2. The van der Waals surface area contributed by atoms with E-state index in [1.165, 1.54) is 49.0 Å². The average Bonchev–Trinajstić information content (AvgIpc) is 3.54. The molecular formula is C26H24N2O6S. The van der Waals surface area contributed by atoms with Crippen LogP contribution in [0.1, 0.15) is 41.5 Å². The lowest BCUT2D eigenvalue weighted by Gasteiger charge is -2.19. The van der Waals surface area contributed by atoms with Gasteiger partial charge in [0.1, 0.15) is 11.3 Å². The summed E-state index contributed by atoms with van der Waals surface area (Å²) in [7, 11) is 1.29. The number of hydrogen-bond donors (Lipinski definition) is 2. The smallest absolute Gasteiger partial charge is 0.337 e. The van der Waals surface area contributed by atoms with Crippen molar-refractivity contribution in [1.82, 2.24) is 5.32 Å². The summed E-state index contributed by atoms with van der Waals surface area (Å²) in [5.74, 6) is -0.691. The number of anilines is 1. The van der Waals surface area contributed by atoms with Crippen LogP contribution >= 0.6 is 11.3 Å². The third-order valence-corrected chi connectivity index (χ3v) is 6.29. The van der Waals surface area contributed by atoms with Crippen molar-refractivity contribution < 1.29 is 28.6 Å². The molecule has 9 heteroatoms. The van der Waals surface area contributed by atoms with Crippen LogP contribution in [0.4, 0.5) is 5.00 Å². The molecule has 0 spiro atoms. The van der Waals surface area contributed by atoms with Crippen molar-refractivity contribution in [3.63, 3.8) is 0 Å². The highest BCUT2D eigenvalue weighted by Gasteiger charge is 2.25. The van der Waals surface area contributed by atoms with Gasteiger partial charge >= 0.3 is 5.97 Å². The lowest BCUT2D eigenvalue weighted by molar-refractivity contribution is 0.0600. The van der Waals surface area contributed by atoms with Crippen LogP contribution in [0.15, 0.2) is 72.7 Å². The molecule has 2 aromatic carbocycles. The Morgan fingerprint density at radius 1 is 1.03 bits per heavy atom. The van der Waals surface area contributed by atoms with Crippen LogP contribution in [-0.2, 0) is 20.6 Å². The number of amides is 2. The Bertz CT molecular complexity index is 1250. The standard InChI is InChI=1S/C26H24N2O6S/c1-16-12-20(25(35-16)28-23(29)18-8-10-19(11-9-18)26(31)32-2)24(30)27-21(22-14-33-15-34-22)13-17-6-4-3-5-7-17/h3-12,14,21H,13,15H2,1-2H3,(H,27,30)(H,28,29). The van der Waals surface area contributed by atoms with Gasteiger partial charge < -0.3 is 24.8 Å². The molecule has 1 atom stereocenters. The van der Waals surface area contributed by atoms with E-state index in [1.54, 1.807) is 6.07 Å². The summed E-state index contributed by atoms with van der Waals surface area (Å²) in [4.78, 5) is 38.6. The minimum absolute atomic E-state index is 0.101. The Morgan fingerprint density at radius 2 is 1.74 bits per heavy atom. The fourth-order valence-corrected chi connectivity index (χ4v) is 4.47. The first-order valence-electron chi connectivity index (χ1n) is 10.8. The highest BCUT2D eigenvalue weighted by molar-refractivity contribution is 7.16. The molecule has 3 aromatic rings. The number of carbonyl (C=O) groups excluding carboxylic acids is 3. The third-order valence-electron chi connectivity index (χ3n) is 5.32. The van der Waals surface area contributed by atoms with Crippen LogP contribution in [0, 0.1) is 6.92 Å². The van der Waals surface area contributed by atoms with Gasteiger partial charge in [-0.05, 0) is 42.8 Å². The first-order valence-corrected chi connectivity index (χ1v) is 11.7. The minimum atomic E-state index is -0.485. The van der Waals surface area contributed by atoms with Gasteiger partial charge in [0.2, 0.25) is 6.79 Å². The van der Waals surface area contributed by atoms with Crippen molar-refractivity contribution in [3.8, 4) is 0 Å². The average molecular weight is 493 g/mol. The quantitative estimate of drug-likeness (QED) is 0.455. The van der Waals surface area contributed by atoms with Gasteiger partial charge in [-0.2, -0.15) is 0 Å². The number of esters is 1. The molecule has 1 unspecified atom stereocenters. The lowest BCUT2D eigenvalue weighted by atomic mass is 10.0. The summed E-state index contributed by atoms with van der Waals surface area (Å²) in [5, 5.41) is 6.25. The molecule has 0 bridgehead atoms. The predicted molar refractivity (Wildman–Crippen MR) is 131 cm³/mol. The minimum Gasteiger partial charge on any atom is -0.465 e. The predicted octanol–water partition coefficient (Wildman–Crippen LogP) is 4.28. The molecular weight excluding hydrogens is 468 g/mol. The van der Waals surface area contributed by atoms with Crippen molar-refractivity contribution >= 4 is 34.1 Å². The Hall–Kier alpha value is -4.11. The molecule has 2 heterocycles. The molecule has 180 valence electrons. The van der Waals surface area contributed by atoms with E-state index < -0.39 is 17.9 Å². The zero-order valence-electron chi connectivity index (χ0n) is 19.2. The maximum Gasteiger partial charge on any atom is 0.337 e. The second-order valence-electron chi connectivity index (χ2n) is 7.79. The van der Waals surface area contributed by atoms with Crippen LogP contribution in [0.25, 0.3) is 0 Å². The van der Waals surface area contributed by atoms with E-state index >= 15 is 0 Å². The number of thiophene rings is 1. The molecule has 2 amide bonds. The van der Waals surface area contributed by atoms with Gasteiger partial charge in [0.05, 0.1) is 24.3 Å². The van der Waals surface area contributed by atoms with Gasteiger partial charge in [0, 0.05) is 16.9 Å². The number of carbonyl (C=O) groups is 3. The second kappa shape index (κ2) is 10.9. The molecule has 0 fully saturated rings. The first kappa shape index (κ1) is 24.0. The highest BCUT2D eigenvalue weighted by Crippen LogP contribution is 2.29. The van der Waals surface area contributed by atoms with Crippen molar-refractivity contribution in [2.75, 3.05) is 19.2 Å². The SMILES string of the molecule is COC(=O)c1ccc(C(=O)Nc2sc(C)cc2C(=O)NC(Cc2ccccc2)C2=COCO2)cc1. The van der Waals surface area contributed by atoms with Gasteiger partial charge in [0.15, 0.2) is 5.76 Å². The topological polar surface area (TPSA) is 103 Å². The van der Waals surface area contributed by atoms with E-state index in [1.807, 2.05) is 37.3 Å². The van der Waals surface area contributed by atoms with Crippen molar-refractivity contribution in [2.45, 2.75) is 19.4 Å². The van der Waals surface area contributed by atoms with E-state index in [9.17, 15) is 14.4 Å². The molecule has 35 heavy (non-hydrogen) atoms. The Morgan fingerprint density at radius 3 is 2.40 bits per heavy atom. The summed E-state index contributed by atoms with van der Waals surface area (Å²) < 4.78 is 15.4. The molecule has 1 aliphatic rings. The van der Waals surface area contributed by atoms with E-state index in [0.717, 1.165) is 10.4 Å². The molecule has 1 aromatic heterocycles. The molecule has 1 aliphatic heterocycles. The Balaban J connectivity index is 1.50. The lowest BCUT2D eigenvalue weighted by Crippen LogP contribution is -2.38. The number of rotatable bonds is 8. The molecule has 4 rings (SSSR count). The van der Waals surface area contributed by atoms with Crippen LogP contribution in [-0.4, -0.2) is 37.7 Å². The zero-order valence-corrected chi connectivity index (χ0v) is 20.0. The van der Waals surface area contributed by atoms with Gasteiger partial charge in [-0.1, -0.05) is 30.3 Å². The van der Waals surface area contributed by atoms with Gasteiger partial charge in [0.25, 0.3) is 11.8 Å². The largest absolute Gasteiger partial charge is 0.465 e. The van der Waals surface area contributed by atoms with Gasteiger partial charge in [-0.3, -0.25) is 9.59 Å². The number of methoxy groups -OCH3 is 1. The zero-order chi connectivity index (χ0) is 24.8. The number of ether oxygens (including phenoxy) is 3. The molecule has 0 saturated carbocycles. The van der Waals surface area contributed by atoms with Crippen LogP contribution in [0.2, 0.25) is 0 Å². The number of nitrogens with one attached hydrogen (secondary N) is 2. The summed E-state index contributed by atoms with van der Waals surface area (Å²) in [6, 6.07) is 17.1. The fraction of sp³-hybridized carbons (Fsp3) is 0.192. The molecule has 0 aliphatic carbocycles. The Labute approximate surface area is 206 Å². The van der Waals surface area contributed by atoms with Gasteiger partial charge in [-0.25, -0.2) is 4.79 Å². The first-order chi connectivity index (χ1) is 16.9. The molecule has 2 N–H and O–H groups in total. The molecule has 0 radical (unpaired) electrons. The highest BCUT2D eigenvalue weighted by atomic mass is 32.1. The normalized spacial score (nSPS) is 13.1. The van der Waals surface area contributed by atoms with Crippen LogP contribution in [0.5, 0.6) is 0 Å². The summed E-state index contributed by atoms with van der Waals surface area (Å²) in [6.07, 6.45) is 2.02. The van der Waals surface area contributed by atoms with E-state index in [4.69, 9.17) is 9.47 Å². The number of aryl methyl sites for hydroxylation is 1. The van der Waals surface area contributed by atoms with Crippen molar-refractivity contribution in [3.05, 3.63) is 99.8 Å². The molecule has 8 nitrogen and oxygen atoms in total. The van der Waals surface area contributed by atoms with Crippen molar-refractivity contribution in [2.24, 2.45) is 0 Å². The van der Waals surface area contributed by atoms with Crippen molar-refractivity contribution in [1.29, 1.82) is 0 Å². The van der Waals surface area contributed by atoms with Crippen LogP contribution in [0.3, 0.4) is 0 Å². The fourth-order valence-electron chi connectivity index (χ4n) is 3.57. The maximum absolute atomic E-state index is 13.3. The third kappa shape index (κ3) is 5.88. The van der Waals surface area contributed by atoms with E-state index in [0.29, 0.717) is 33.9 Å². The van der Waals surface area contributed by atoms with Gasteiger partial charge in [-0.15, -0.1) is 11.3 Å². The molecule has 0 saturated heterocycles.